The van der Waals surface area contributed by atoms with Crippen molar-refractivity contribution in [2.45, 2.75) is 17.4 Å². The molecule has 7 nitrogen and oxygen atoms in total. The highest BCUT2D eigenvalue weighted by molar-refractivity contribution is 7.89. The normalized spacial score (nSPS) is 12.8. The van der Waals surface area contributed by atoms with Crippen LogP contribution in [0.3, 0.4) is 0 Å². The second-order valence-electron chi connectivity index (χ2n) is 5.12. The van der Waals surface area contributed by atoms with Crippen molar-refractivity contribution in [2.75, 3.05) is 7.05 Å². The predicted molar refractivity (Wildman–Crippen MR) is 86.4 cm³/mol. The van der Waals surface area contributed by atoms with E-state index in [0.717, 1.165) is 12.1 Å². The van der Waals surface area contributed by atoms with Gasteiger partial charge in [0.2, 0.25) is 10.0 Å². The van der Waals surface area contributed by atoms with Crippen LogP contribution in [0, 0.1) is 15.9 Å². The molecule has 0 saturated heterocycles. The van der Waals surface area contributed by atoms with E-state index >= 15 is 0 Å². The van der Waals surface area contributed by atoms with Gasteiger partial charge in [-0.25, -0.2) is 17.5 Å². The highest BCUT2D eigenvalue weighted by Gasteiger charge is 2.22. The maximum absolute atomic E-state index is 13.3. The third-order valence-corrected chi connectivity index (χ3v) is 5.04. The van der Waals surface area contributed by atoms with E-state index in [1.165, 1.54) is 31.3 Å². The molecule has 2 aromatic carbocycles. The van der Waals surface area contributed by atoms with Crippen LogP contribution in [0.4, 0.5) is 10.1 Å². The third-order valence-electron chi connectivity index (χ3n) is 3.53. The van der Waals surface area contributed by atoms with E-state index in [4.69, 9.17) is 5.73 Å². The van der Waals surface area contributed by atoms with Crippen LogP contribution in [-0.4, -0.2) is 20.4 Å². The Bertz CT molecular complexity index is 871. The summed E-state index contributed by atoms with van der Waals surface area (Å²) in [7, 11) is -2.57. The van der Waals surface area contributed by atoms with Gasteiger partial charge in [0.15, 0.2) is 0 Å². The molecule has 0 amide bonds. The number of hydrogen-bond donors (Lipinski definition) is 2. The van der Waals surface area contributed by atoms with Gasteiger partial charge in [0.1, 0.15) is 5.82 Å². The van der Waals surface area contributed by atoms with E-state index in [1.54, 1.807) is 6.07 Å². The average Bonchev–Trinajstić information content (AvgIpc) is 2.54. The highest BCUT2D eigenvalue weighted by Crippen LogP contribution is 2.26. The average molecular weight is 353 g/mol. The fraction of sp³-hybridized carbons (Fsp3) is 0.200. The molecule has 0 heterocycles. The number of non-ortho nitro benzene ring substituents is 1. The molecule has 3 N–H and O–H groups in total. The molecule has 128 valence electrons. The molecule has 9 heteroatoms. The summed E-state index contributed by atoms with van der Waals surface area (Å²) in [6, 6.07) is 8.34. The molecule has 0 radical (unpaired) electrons. The first-order chi connectivity index (χ1) is 11.2. The molecule has 0 saturated carbocycles. The second-order valence-corrected chi connectivity index (χ2v) is 6.98. The minimum atomic E-state index is -3.81. The highest BCUT2D eigenvalue weighted by atomic mass is 32.2. The van der Waals surface area contributed by atoms with Gasteiger partial charge in [-0.3, -0.25) is 10.1 Å². The number of benzene rings is 2. The number of rotatable bonds is 6. The van der Waals surface area contributed by atoms with E-state index < -0.39 is 26.8 Å². The number of sulfonamides is 1. The Morgan fingerprint density at radius 1 is 1.29 bits per heavy atom. The summed E-state index contributed by atoms with van der Waals surface area (Å²) >= 11 is 0. The van der Waals surface area contributed by atoms with Crippen LogP contribution < -0.4 is 10.5 Å². The summed E-state index contributed by atoms with van der Waals surface area (Å²) < 4.78 is 39.7. The zero-order valence-electron chi connectivity index (χ0n) is 12.8. The standard InChI is InChI=1S/C15H16FN3O4S/c1-18-24(22,23)15-6-5-13(19(20)21)8-11(15)9-14(17)10-3-2-4-12(16)7-10/h2-8,14,18H,9,17H2,1H3/t14-/m0/s1. The zero-order valence-corrected chi connectivity index (χ0v) is 13.6. The van der Waals surface area contributed by atoms with Crippen molar-refractivity contribution in [1.29, 1.82) is 0 Å². The van der Waals surface area contributed by atoms with Crippen LogP contribution in [0.1, 0.15) is 17.2 Å². The predicted octanol–water partition coefficient (Wildman–Crippen LogP) is 1.88. The Hall–Kier alpha value is -2.36. The SMILES string of the molecule is CNS(=O)(=O)c1ccc([N+](=O)[O-])cc1C[C@H](N)c1cccc(F)c1. The fourth-order valence-corrected chi connectivity index (χ4v) is 3.26. The summed E-state index contributed by atoms with van der Waals surface area (Å²) in [4.78, 5) is 10.2. The quantitative estimate of drug-likeness (QED) is 0.608. The van der Waals surface area contributed by atoms with Crippen molar-refractivity contribution in [2.24, 2.45) is 5.73 Å². The monoisotopic (exact) mass is 353 g/mol. The van der Waals surface area contributed by atoms with Crippen molar-refractivity contribution in [3.05, 3.63) is 69.5 Å². The van der Waals surface area contributed by atoms with Gasteiger partial charge in [-0.05, 0) is 42.8 Å². The first kappa shape index (κ1) is 18.0. The van der Waals surface area contributed by atoms with Crippen LogP contribution in [0.15, 0.2) is 47.4 Å². The Labute approximate surface area is 138 Å². The largest absolute Gasteiger partial charge is 0.324 e. The first-order valence-electron chi connectivity index (χ1n) is 6.96. The number of nitro groups is 1. The molecule has 0 aliphatic heterocycles. The summed E-state index contributed by atoms with van der Waals surface area (Å²) in [6.07, 6.45) is 0.00137. The number of hydrogen-bond acceptors (Lipinski definition) is 5. The minimum Gasteiger partial charge on any atom is -0.324 e. The van der Waals surface area contributed by atoms with E-state index in [2.05, 4.69) is 4.72 Å². The van der Waals surface area contributed by atoms with Crippen LogP contribution in [-0.2, 0) is 16.4 Å². The zero-order chi connectivity index (χ0) is 17.9. The van der Waals surface area contributed by atoms with Gasteiger partial charge in [-0.1, -0.05) is 12.1 Å². The Morgan fingerprint density at radius 2 is 2.00 bits per heavy atom. The van der Waals surface area contributed by atoms with Gasteiger partial charge >= 0.3 is 0 Å². The topological polar surface area (TPSA) is 115 Å². The van der Waals surface area contributed by atoms with Crippen LogP contribution >= 0.6 is 0 Å². The van der Waals surface area contributed by atoms with Crippen molar-refractivity contribution >= 4 is 15.7 Å². The molecule has 1 atom stereocenters. The van der Waals surface area contributed by atoms with Crippen molar-refractivity contribution in [1.82, 2.24) is 4.72 Å². The maximum atomic E-state index is 13.3. The van der Waals surface area contributed by atoms with Crippen LogP contribution in [0.25, 0.3) is 0 Å². The number of nitrogens with two attached hydrogens (primary N) is 1. The van der Waals surface area contributed by atoms with Crippen molar-refractivity contribution in [3.8, 4) is 0 Å². The Balaban J connectivity index is 2.46. The van der Waals surface area contributed by atoms with E-state index in [0.29, 0.717) is 5.56 Å². The number of nitrogens with one attached hydrogen (secondary N) is 1. The number of nitrogens with zero attached hydrogens (tertiary/aromatic N) is 1. The molecule has 0 aliphatic carbocycles. The van der Waals surface area contributed by atoms with E-state index in [1.807, 2.05) is 0 Å². The first-order valence-corrected chi connectivity index (χ1v) is 8.45. The maximum Gasteiger partial charge on any atom is 0.269 e. The molecule has 0 unspecified atom stereocenters. The van der Waals surface area contributed by atoms with E-state index in [9.17, 15) is 22.9 Å². The fourth-order valence-electron chi connectivity index (χ4n) is 2.30. The van der Waals surface area contributed by atoms with Gasteiger partial charge in [-0.2, -0.15) is 0 Å². The van der Waals surface area contributed by atoms with E-state index in [-0.39, 0.29) is 22.6 Å². The summed E-state index contributed by atoms with van der Waals surface area (Å²) in [5, 5.41) is 10.9. The lowest BCUT2D eigenvalue weighted by atomic mass is 9.99. The number of nitro benzene ring substituents is 1. The molecule has 0 bridgehead atoms. The van der Waals surface area contributed by atoms with Crippen LogP contribution in [0.2, 0.25) is 0 Å². The second kappa shape index (κ2) is 7.04. The molecule has 0 fully saturated rings. The summed E-state index contributed by atoms with van der Waals surface area (Å²) in [5.74, 6) is -0.468. The molecule has 0 aromatic heterocycles. The van der Waals surface area contributed by atoms with Crippen LogP contribution in [0.5, 0.6) is 0 Å². The van der Waals surface area contributed by atoms with Gasteiger partial charge in [0.25, 0.3) is 5.69 Å². The van der Waals surface area contributed by atoms with Gasteiger partial charge in [-0.15, -0.1) is 0 Å². The molecule has 2 rings (SSSR count). The summed E-state index contributed by atoms with van der Waals surface area (Å²) in [5.41, 5.74) is 6.44. The third kappa shape index (κ3) is 3.94. The molecule has 0 aliphatic rings. The van der Waals surface area contributed by atoms with Gasteiger partial charge in [0, 0.05) is 18.2 Å². The molecule has 0 spiro atoms. The molecule has 24 heavy (non-hydrogen) atoms. The van der Waals surface area contributed by atoms with Gasteiger partial charge < -0.3 is 5.73 Å². The Kier molecular flexibility index (Phi) is 5.27. The lowest BCUT2D eigenvalue weighted by Crippen LogP contribution is -2.22. The summed E-state index contributed by atoms with van der Waals surface area (Å²) in [6.45, 7) is 0. The Morgan fingerprint density at radius 3 is 2.58 bits per heavy atom. The minimum absolute atomic E-state index is 0.00137. The molecular formula is C15H16FN3O4S. The van der Waals surface area contributed by atoms with Crippen molar-refractivity contribution in [3.63, 3.8) is 0 Å². The lowest BCUT2D eigenvalue weighted by Gasteiger charge is -2.15. The molecular weight excluding hydrogens is 337 g/mol. The van der Waals surface area contributed by atoms with Gasteiger partial charge in [0.05, 0.1) is 9.82 Å². The molecule has 2 aromatic rings. The lowest BCUT2D eigenvalue weighted by molar-refractivity contribution is -0.385. The smallest absolute Gasteiger partial charge is 0.269 e. The van der Waals surface area contributed by atoms with Crippen molar-refractivity contribution < 1.29 is 17.7 Å². The number of halogens is 1.